The van der Waals surface area contributed by atoms with Crippen LogP contribution in [0.5, 0.6) is 5.75 Å². The second-order valence-corrected chi connectivity index (χ2v) is 6.65. The Bertz CT molecular complexity index is 446. The van der Waals surface area contributed by atoms with Gasteiger partial charge in [0, 0.05) is 6.20 Å². The van der Waals surface area contributed by atoms with Crippen LogP contribution in [-0.2, 0) is 0 Å². The fraction of sp³-hybridized carbons (Fsp3) is 0.706. The van der Waals surface area contributed by atoms with Crippen molar-refractivity contribution in [3.63, 3.8) is 0 Å². The molecule has 1 saturated heterocycles. The molecular formula is C17H26N2O. The van der Waals surface area contributed by atoms with Gasteiger partial charge in [0.25, 0.3) is 0 Å². The number of nitrogens with one attached hydrogen (secondary N) is 1. The fourth-order valence-electron chi connectivity index (χ4n) is 3.90. The Hall–Kier alpha value is -1.09. The third-order valence-corrected chi connectivity index (χ3v) is 4.75. The van der Waals surface area contributed by atoms with Gasteiger partial charge < -0.3 is 10.1 Å². The van der Waals surface area contributed by atoms with Crippen LogP contribution in [0.15, 0.2) is 18.5 Å². The van der Waals surface area contributed by atoms with Gasteiger partial charge in [-0.1, -0.05) is 0 Å². The maximum absolute atomic E-state index is 5.80. The van der Waals surface area contributed by atoms with Crippen LogP contribution in [0.4, 0.5) is 0 Å². The van der Waals surface area contributed by atoms with Crippen LogP contribution in [0.25, 0.3) is 0 Å². The Balaban J connectivity index is 1.77. The molecule has 0 amide bonds. The Kier molecular flexibility index (Phi) is 4.25. The first-order valence-electron chi connectivity index (χ1n) is 8.04. The number of hydrogen-bond donors (Lipinski definition) is 1. The minimum absolute atomic E-state index is 0.213. The van der Waals surface area contributed by atoms with E-state index in [9.17, 15) is 0 Å². The largest absolute Gasteiger partial charge is 0.489 e. The molecule has 2 heterocycles. The fourth-order valence-corrected chi connectivity index (χ4v) is 3.90. The van der Waals surface area contributed by atoms with Crippen molar-refractivity contribution in [3.8, 4) is 5.75 Å². The van der Waals surface area contributed by atoms with Crippen LogP contribution in [-0.4, -0.2) is 24.2 Å². The van der Waals surface area contributed by atoms with Crippen LogP contribution in [0, 0.1) is 11.8 Å². The highest BCUT2D eigenvalue weighted by molar-refractivity contribution is 5.28. The summed E-state index contributed by atoms with van der Waals surface area (Å²) in [5.41, 5.74) is 1.39. The van der Waals surface area contributed by atoms with E-state index in [2.05, 4.69) is 36.4 Å². The van der Waals surface area contributed by atoms with E-state index in [0.717, 1.165) is 17.6 Å². The molecule has 1 aliphatic heterocycles. The van der Waals surface area contributed by atoms with E-state index in [1.54, 1.807) is 0 Å². The molecular weight excluding hydrogens is 248 g/mol. The molecule has 3 atom stereocenters. The van der Waals surface area contributed by atoms with Crippen molar-refractivity contribution in [2.45, 2.75) is 51.6 Å². The monoisotopic (exact) mass is 274 g/mol. The quantitative estimate of drug-likeness (QED) is 0.917. The molecule has 0 radical (unpaired) electrons. The van der Waals surface area contributed by atoms with Crippen LogP contribution in [0.1, 0.15) is 51.0 Å². The molecule has 3 nitrogen and oxygen atoms in total. The molecule has 0 aromatic carbocycles. The van der Waals surface area contributed by atoms with Crippen molar-refractivity contribution in [1.29, 1.82) is 0 Å². The first-order chi connectivity index (χ1) is 9.72. The number of fused-ring (bicyclic) bond motifs is 2. The van der Waals surface area contributed by atoms with Crippen molar-refractivity contribution < 1.29 is 4.74 Å². The highest BCUT2D eigenvalue weighted by Gasteiger charge is 2.35. The lowest BCUT2D eigenvalue weighted by Gasteiger charge is -2.21. The van der Waals surface area contributed by atoms with Crippen molar-refractivity contribution in [3.05, 3.63) is 24.0 Å². The molecule has 3 unspecified atom stereocenters. The zero-order valence-corrected chi connectivity index (χ0v) is 12.6. The molecule has 1 aromatic heterocycles. The Labute approximate surface area is 122 Å². The molecule has 1 aromatic rings. The van der Waals surface area contributed by atoms with Gasteiger partial charge in [0.2, 0.25) is 0 Å². The predicted molar refractivity (Wildman–Crippen MR) is 81.1 cm³/mol. The SMILES string of the molecule is CC(C)Oc1cncc(C2CC3CCNCCC2C3)c1. The molecule has 2 fully saturated rings. The topological polar surface area (TPSA) is 34.1 Å². The maximum Gasteiger partial charge on any atom is 0.138 e. The van der Waals surface area contributed by atoms with E-state index in [1.165, 1.54) is 44.3 Å². The zero-order valence-electron chi connectivity index (χ0n) is 12.6. The Morgan fingerprint density at radius 3 is 2.90 bits per heavy atom. The van der Waals surface area contributed by atoms with Gasteiger partial charge in [0.1, 0.15) is 5.75 Å². The minimum atomic E-state index is 0.213. The molecule has 110 valence electrons. The summed E-state index contributed by atoms with van der Waals surface area (Å²) in [6, 6.07) is 2.22. The lowest BCUT2D eigenvalue weighted by Crippen LogP contribution is -2.23. The van der Waals surface area contributed by atoms with E-state index >= 15 is 0 Å². The number of rotatable bonds is 3. The summed E-state index contributed by atoms with van der Waals surface area (Å²) < 4.78 is 5.80. The smallest absolute Gasteiger partial charge is 0.138 e. The standard InChI is InChI=1S/C17H26N2O/c1-12(2)20-16-9-15(10-19-11-16)17-8-13-3-5-18-6-4-14(17)7-13/h9-14,17-18H,3-8H2,1-2H3. The average Bonchev–Trinajstić information content (AvgIpc) is 2.81. The first-order valence-corrected chi connectivity index (χ1v) is 8.04. The highest BCUT2D eigenvalue weighted by atomic mass is 16.5. The van der Waals surface area contributed by atoms with E-state index in [4.69, 9.17) is 4.74 Å². The van der Waals surface area contributed by atoms with E-state index in [1.807, 2.05) is 6.20 Å². The summed E-state index contributed by atoms with van der Waals surface area (Å²) in [6.45, 7) is 6.49. The van der Waals surface area contributed by atoms with Crippen molar-refractivity contribution in [1.82, 2.24) is 10.3 Å². The molecule has 2 aliphatic rings. The van der Waals surface area contributed by atoms with E-state index in [-0.39, 0.29) is 6.10 Å². The lowest BCUT2D eigenvalue weighted by molar-refractivity contribution is 0.241. The molecule has 2 bridgehead atoms. The predicted octanol–water partition coefficient (Wildman–Crippen LogP) is 3.36. The van der Waals surface area contributed by atoms with Gasteiger partial charge in [0.15, 0.2) is 0 Å². The van der Waals surface area contributed by atoms with Crippen LogP contribution in [0.2, 0.25) is 0 Å². The minimum Gasteiger partial charge on any atom is -0.489 e. The molecule has 3 heteroatoms. The second-order valence-electron chi connectivity index (χ2n) is 6.65. The van der Waals surface area contributed by atoms with Crippen molar-refractivity contribution in [2.75, 3.05) is 13.1 Å². The first kappa shape index (κ1) is 13.9. The van der Waals surface area contributed by atoms with E-state index in [0.29, 0.717) is 5.92 Å². The average molecular weight is 274 g/mol. The van der Waals surface area contributed by atoms with Gasteiger partial charge in [-0.3, -0.25) is 4.98 Å². The van der Waals surface area contributed by atoms with Crippen molar-refractivity contribution >= 4 is 0 Å². The van der Waals surface area contributed by atoms with Crippen LogP contribution in [0.3, 0.4) is 0 Å². The number of nitrogens with zero attached hydrogens (tertiary/aromatic N) is 1. The summed E-state index contributed by atoms with van der Waals surface area (Å²) in [7, 11) is 0. The highest BCUT2D eigenvalue weighted by Crippen LogP contribution is 2.46. The molecule has 3 rings (SSSR count). The number of pyridine rings is 1. The summed E-state index contributed by atoms with van der Waals surface area (Å²) in [6.07, 6.45) is 9.48. The molecule has 0 spiro atoms. The third-order valence-electron chi connectivity index (χ3n) is 4.75. The van der Waals surface area contributed by atoms with Gasteiger partial charge in [-0.25, -0.2) is 0 Å². The summed E-state index contributed by atoms with van der Waals surface area (Å²) in [5.74, 6) is 3.33. The summed E-state index contributed by atoms with van der Waals surface area (Å²) >= 11 is 0. The van der Waals surface area contributed by atoms with E-state index < -0.39 is 0 Å². The Morgan fingerprint density at radius 1 is 1.20 bits per heavy atom. The lowest BCUT2D eigenvalue weighted by atomic mass is 9.87. The van der Waals surface area contributed by atoms with Gasteiger partial charge in [0.05, 0.1) is 12.3 Å². The van der Waals surface area contributed by atoms with Crippen LogP contribution < -0.4 is 10.1 Å². The van der Waals surface area contributed by atoms with Crippen LogP contribution >= 0.6 is 0 Å². The molecule has 1 N–H and O–H groups in total. The number of hydrogen-bond acceptors (Lipinski definition) is 3. The van der Waals surface area contributed by atoms with Gasteiger partial charge in [-0.2, -0.15) is 0 Å². The summed E-state index contributed by atoms with van der Waals surface area (Å²) in [4.78, 5) is 4.40. The number of aromatic nitrogens is 1. The molecule has 1 aliphatic carbocycles. The van der Waals surface area contributed by atoms with Gasteiger partial charge in [-0.15, -0.1) is 0 Å². The second kappa shape index (κ2) is 6.13. The normalized spacial score (nSPS) is 30.1. The van der Waals surface area contributed by atoms with Crippen molar-refractivity contribution in [2.24, 2.45) is 11.8 Å². The van der Waals surface area contributed by atoms with Gasteiger partial charge in [-0.05, 0) is 82.0 Å². The third kappa shape index (κ3) is 3.14. The zero-order chi connectivity index (χ0) is 13.9. The Morgan fingerprint density at radius 2 is 2.05 bits per heavy atom. The number of ether oxygens (including phenoxy) is 1. The van der Waals surface area contributed by atoms with Gasteiger partial charge >= 0.3 is 0 Å². The maximum atomic E-state index is 5.80. The molecule has 1 saturated carbocycles. The molecule has 20 heavy (non-hydrogen) atoms. The summed E-state index contributed by atoms with van der Waals surface area (Å²) in [5, 5.41) is 3.56.